The summed E-state index contributed by atoms with van der Waals surface area (Å²) in [5.41, 5.74) is -1.67. The first-order valence-corrected chi connectivity index (χ1v) is 21.2. The Kier molecular flexibility index (Phi) is 21.9. The van der Waals surface area contributed by atoms with E-state index in [0.717, 1.165) is 0 Å². The highest BCUT2D eigenvalue weighted by molar-refractivity contribution is 6.38. The van der Waals surface area contributed by atoms with Gasteiger partial charge in [-0.25, -0.2) is 0 Å². The van der Waals surface area contributed by atoms with Gasteiger partial charge in [-0.3, -0.25) is 52.7 Å². The number of amides is 7. The molecule has 1 saturated heterocycles. The zero-order chi connectivity index (χ0) is 48.6. The van der Waals surface area contributed by atoms with Crippen molar-refractivity contribution in [2.45, 2.75) is 175 Å². The van der Waals surface area contributed by atoms with E-state index < -0.39 is 131 Å². The number of likely N-dealkylation sites (tertiary alicyclic amines) is 1. The predicted octanol–water partition coefficient (Wildman–Crippen LogP) is 0.157. The van der Waals surface area contributed by atoms with Crippen LogP contribution in [0.2, 0.25) is 0 Å². The third kappa shape index (κ3) is 20.0. The van der Waals surface area contributed by atoms with E-state index in [2.05, 4.69) is 26.6 Å². The minimum atomic E-state index is -1.45. The number of nitrogens with one attached hydrogen (secondary N) is 6. The molecule has 1 aliphatic rings. The Labute approximate surface area is 369 Å². The smallest absolute Gasteiger partial charge is 0.322 e. The molecule has 63 heavy (non-hydrogen) atoms. The summed E-state index contributed by atoms with van der Waals surface area (Å²) in [6.07, 6.45) is -0.501. The third-order valence-electron chi connectivity index (χ3n) is 9.36. The summed E-state index contributed by atoms with van der Waals surface area (Å²) < 4.78 is 10.7. The fraction of sp³-hybridized carbons (Fsp3) is 0.738. The molecule has 0 aliphatic carbocycles. The zero-order valence-corrected chi connectivity index (χ0v) is 38.7. The predicted molar refractivity (Wildman–Crippen MR) is 226 cm³/mol. The molecule has 0 radical (unpaired) electrons. The number of esters is 2. The standard InChI is InChI=1S/C42H69N7O14/c1-13-14-28(34(55)39(60)43-21-29(51)52)49-20-19-27(40(49)61)46-37(58)32(22(2)3)48-38(59)33(23(4)5)47-36(57)26(16-18-31(54)63-42(10,11)12)45-35(56)25(44-24(6)50)15-17-30(53)62-41(7,8)9/h22-23,25-28,32-33H,13-21H2,1-12H3,(H,43,60)(H,44,50)(H,45,56)(H,46,58)(H,47,57)(H,48,59)(H,51,52). The Morgan fingerprint density at radius 2 is 1.16 bits per heavy atom. The lowest BCUT2D eigenvalue weighted by molar-refractivity contribution is -0.156. The summed E-state index contributed by atoms with van der Waals surface area (Å²) >= 11 is 0. The van der Waals surface area contributed by atoms with Gasteiger partial charge in [-0.2, -0.15) is 0 Å². The van der Waals surface area contributed by atoms with Crippen LogP contribution in [0, 0.1) is 11.8 Å². The van der Waals surface area contributed by atoms with Gasteiger partial charge in [-0.1, -0.05) is 41.0 Å². The molecule has 0 bridgehead atoms. The average Bonchev–Trinajstić information content (AvgIpc) is 3.49. The Morgan fingerprint density at radius 3 is 1.60 bits per heavy atom. The molecule has 7 N–H and O–H groups in total. The highest BCUT2D eigenvalue weighted by atomic mass is 16.6. The number of rotatable bonds is 24. The Hall–Kier alpha value is -5.63. The second kappa shape index (κ2) is 24.9. The number of hydrogen-bond donors (Lipinski definition) is 7. The monoisotopic (exact) mass is 895 g/mol. The average molecular weight is 896 g/mol. The summed E-state index contributed by atoms with van der Waals surface area (Å²) in [6, 6.07) is -7.60. The van der Waals surface area contributed by atoms with Crippen LogP contribution < -0.4 is 31.9 Å². The van der Waals surface area contributed by atoms with Gasteiger partial charge in [0.2, 0.25) is 41.2 Å². The summed E-state index contributed by atoms with van der Waals surface area (Å²) in [7, 11) is 0. The van der Waals surface area contributed by atoms with E-state index in [9.17, 15) is 52.7 Å². The van der Waals surface area contributed by atoms with Crippen molar-refractivity contribution in [3.8, 4) is 0 Å². The minimum absolute atomic E-state index is 0.00743. The molecule has 1 aliphatic heterocycles. The van der Waals surface area contributed by atoms with Crippen molar-refractivity contribution < 1.29 is 67.3 Å². The zero-order valence-electron chi connectivity index (χ0n) is 38.7. The molecular weight excluding hydrogens is 826 g/mol. The van der Waals surface area contributed by atoms with E-state index in [1.54, 1.807) is 76.2 Å². The lowest BCUT2D eigenvalue weighted by atomic mass is 9.98. The van der Waals surface area contributed by atoms with Crippen molar-refractivity contribution in [2.24, 2.45) is 11.8 Å². The quantitative estimate of drug-likeness (QED) is 0.0502. The second-order valence-electron chi connectivity index (χ2n) is 18.2. The van der Waals surface area contributed by atoms with Crippen molar-refractivity contribution in [1.82, 2.24) is 36.8 Å². The maximum atomic E-state index is 14.0. The van der Waals surface area contributed by atoms with Crippen LogP contribution in [0.25, 0.3) is 0 Å². The number of Topliss-reactive ketones (excluding diaryl/α,β-unsaturated/α-hetero) is 1. The number of carboxylic acids is 1. The fourth-order valence-electron chi connectivity index (χ4n) is 6.43. The molecule has 356 valence electrons. The molecule has 1 rings (SSSR count). The molecule has 0 saturated carbocycles. The number of ketones is 1. The number of nitrogens with zero attached hydrogens (tertiary/aromatic N) is 1. The van der Waals surface area contributed by atoms with Gasteiger partial charge in [0.25, 0.3) is 5.91 Å². The van der Waals surface area contributed by atoms with Crippen LogP contribution in [-0.2, 0) is 62.2 Å². The van der Waals surface area contributed by atoms with E-state index in [-0.39, 0.29) is 45.1 Å². The van der Waals surface area contributed by atoms with Crippen LogP contribution in [0.3, 0.4) is 0 Å². The first-order chi connectivity index (χ1) is 29.0. The highest BCUT2D eigenvalue weighted by Gasteiger charge is 2.42. The number of hydrogen-bond acceptors (Lipinski definition) is 13. The molecule has 0 spiro atoms. The summed E-state index contributed by atoms with van der Waals surface area (Å²) in [6.45, 7) is 18.6. The molecule has 0 aromatic carbocycles. The number of aliphatic carboxylic acids is 1. The normalized spacial score (nSPS) is 16.4. The van der Waals surface area contributed by atoms with Gasteiger partial charge in [0.15, 0.2) is 0 Å². The van der Waals surface area contributed by atoms with Gasteiger partial charge in [0, 0.05) is 26.3 Å². The fourth-order valence-corrected chi connectivity index (χ4v) is 6.43. The van der Waals surface area contributed by atoms with E-state index in [1.165, 1.54) is 11.8 Å². The maximum absolute atomic E-state index is 14.0. The maximum Gasteiger partial charge on any atom is 0.322 e. The topological polar surface area (TPSA) is 302 Å². The summed E-state index contributed by atoms with van der Waals surface area (Å²) in [5, 5.41) is 23.7. The molecule has 0 aromatic rings. The molecule has 0 aromatic heterocycles. The number of carboxylic acid groups (broad SMARTS) is 1. The van der Waals surface area contributed by atoms with Crippen molar-refractivity contribution in [1.29, 1.82) is 0 Å². The number of ether oxygens (including phenoxy) is 2. The van der Waals surface area contributed by atoms with Crippen LogP contribution in [0.1, 0.15) is 128 Å². The summed E-state index contributed by atoms with van der Waals surface area (Å²) in [5.74, 6) is -10.5. The molecule has 1 heterocycles. The molecule has 6 unspecified atom stereocenters. The van der Waals surface area contributed by atoms with Gasteiger partial charge in [0.1, 0.15) is 54.0 Å². The number of carbonyl (C=O) groups excluding carboxylic acids is 10. The van der Waals surface area contributed by atoms with Gasteiger partial charge in [0.05, 0.1) is 0 Å². The Balaban J connectivity index is 3.28. The lowest BCUT2D eigenvalue weighted by Gasteiger charge is -2.30. The van der Waals surface area contributed by atoms with E-state index in [1.807, 2.05) is 5.32 Å². The second-order valence-corrected chi connectivity index (χ2v) is 18.2. The SMILES string of the molecule is CCCC(C(=O)C(=O)NCC(=O)O)N1CCC(NC(=O)C(NC(=O)C(NC(=O)C(CCC(=O)OC(C)(C)C)NC(=O)C(CCC(=O)OC(C)(C)C)NC(C)=O)C(C)C)C(C)C)C1=O. The molecule has 1 fully saturated rings. The van der Waals surface area contributed by atoms with Gasteiger partial charge in [-0.15, -0.1) is 0 Å². The Bertz CT molecular complexity index is 1700. The van der Waals surface area contributed by atoms with Crippen molar-refractivity contribution in [2.75, 3.05) is 13.1 Å². The van der Waals surface area contributed by atoms with Crippen LogP contribution in [0.5, 0.6) is 0 Å². The van der Waals surface area contributed by atoms with Gasteiger partial charge < -0.3 is 51.4 Å². The van der Waals surface area contributed by atoms with Crippen LogP contribution in [0.4, 0.5) is 0 Å². The molecule has 21 nitrogen and oxygen atoms in total. The van der Waals surface area contributed by atoms with Crippen molar-refractivity contribution >= 4 is 65.0 Å². The van der Waals surface area contributed by atoms with Crippen LogP contribution >= 0.6 is 0 Å². The van der Waals surface area contributed by atoms with E-state index in [0.29, 0.717) is 6.42 Å². The van der Waals surface area contributed by atoms with Crippen molar-refractivity contribution in [3.05, 3.63) is 0 Å². The first kappa shape index (κ1) is 55.4. The van der Waals surface area contributed by atoms with E-state index in [4.69, 9.17) is 14.6 Å². The number of carbonyl (C=O) groups is 11. The lowest BCUT2D eigenvalue weighted by Crippen LogP contribution is -2.60. The molecule has 6 atom stereocenters. The molecule has 21 heteroatoms. The van der Waals surface area contributed by atoms with Gasteiger partial charge >= 0.3 is 17.9 Å². The molecule has 7 amide bonds. The largest absolute Gasteiger partial charge is 0.480 e. The first-order valence-electron chi connectivity index (χ1n) is 21.2. The highest BCUT2D eigenvalue weighted by Crippen LogP contribution is 2.20. The minimum Gasteiger partial charge on any atom is -0.480 e. The molecular formula is C42H69N7O14. The third-order valence-corrected chi connectivity index (χ3v) is 9.36. The van der Waals surface area contributed by atoms with Crippen LogP contribution in [0.15, 0.2) is 0 Å². The van der Waals surface area contributed by atoms with E-state index >= 15 is 0 Å². The Morgan fingerprint density at radius 1 is 0.698 bits per heavy atom. The van der Waals surface area contributed by atoms with Crippen molar-refractivity contribution in [3.63, 3.8) is 0 Å². The summed E-state index contributed by atoms with van der Waals surface area (Å²) in [4.78, 5) is 143. The van der Waals surface area contributed by atoms with Gasteiger partial charge in [-0.05, 0) is 79.1 Å². The van der Waals surface area contributed by atoms with Crippen LogP contribution in [-0.4, -0.2) is 136 Å².